The number of fused-ring (bicyclic) bond motifs is 2. The lowest BCUT2D eigenvalue weighted by Crippen LogP contribution is -2.64. The third-order valence-electron chi connectivity index (χ3n) is 4.93. The van der Waals surface area contributed by atoms with Gasteiger partial charge in [0.05, 0.1) is 6.04 Å². The minimum Gasteiger partial charge on any atom is -0.454 e. The standard InChI is InChI=1S/C17H21N3O4/c21-16-9-20(13-4-2-1-3-12(13)19-16)17(22)18-8-11-5-6-14-15(7-11)24-10-23-14/h5-7,12-13H,1-4,8-10H2,(H,18,22)(H,19,21)/t12-,13-/m0/s1. The summed E-state index contributed by atoms with van der Waals surface area (Å²) in [7, 11) is 0. The van der Waals surface area contributed by atoms with Crippen LogP contribution in [0.2, 0.25) is 0 Å². The third-order valence-corrected chi connectivity index (χ3v) is 4.93. The van der Waals surface area contributed by atoms with Crippen molar-refractivity contribution < 1.29 is 19.1 Å². The van der Waals surface area contributed by atoms with E-state index in [0.29, 0.717) is 12.3 Å². The Morgan fingerprint density at radius 1 is 1.25 bits per heavy atom. The Morgan fingerprint density at radius 2 is 2.08 bits per heavy atom. The van der Waals surface area contributed by atoms with Crippen LogP contribution in [0.3, 0.4) is 0 Å². The molecule has 3 amide bonds. The van der Waals surface area contributed by atoms with Gasteiger partial charge in [-0.25, -0.2) is 4.79 Å². The summed E-state index contributed by atoms with van der Waals surface area (Å²) in [6.07, 6.45) is 4.10. The Morgan fingerprint density at radius 3 is 3.00 bits per heavy atom. The molecule has 0 unspecified atom stereocenters. The summed E-state index contributed by atoms with van der Waals surface area (Å²) in [5, 5.41) is 5.94. The molecule has 2 aliphatic heterocycles. The minimum atomic E-state index is -0.181. The van der Waals surface area contributed by atoms with Gasteiger partial charge in [0.2, 0.25) is 12.7 Å². The van der Waals surface area contributed by atoms with E-state index in [1.807, 2.05) is 18.2 Å². The lowest BCUT2D eigenvalue weighted by Gasteiger charge is -2.43. The summed E-state index contributed by atoms with van der Waals surface area (Å²) in [6, 6.07) is 5.63. The average Bonchev–Trinajstić information content (AvgIpc) is 3.06. The van der Waals surface area contributed by atoms with E-state index in [-0.39, 0.29) is 37.4 Å². The first-order valence-corrected chi connectivity index (χ1v) is 8.43. The molecule has 2 atom stereocenters. The van der Waals surface area contributed by atoms with E-state index >= 15 is 0 Å². The molecule has 1 aliphatic carbocycles. The quantitative estimate of drug-likeness (QED) is 0.858. The smallest absolute Gasteiger partial charge is 0.318 e. The summed E-state index contributed by atoms with van der Waals surface area (Å²) in [6.45, 7) is 0.760. The van der Waals surface area contributed by atoms with Gasteiger partial charge >= 0.3 is 6.03 Å². The van der Waals surface area contributed by atoms with Gasteiger partial charge in [-0.3, -0.25) is 4.79 Å². The van der Waals surface area contributed by atoms with E-state index in [1.165, 1.54) is 0 Å². The molecule has 2 N–H and O–H groups in total. The van der Waals surface area contributed by atoms with Crippen LogP contribution < -0.4 is 20.1 Å². The number of hydrogen-bond acceptors (Lipinski definition) is 4. The lowest BCUT2D eigenvalue weighted by molar-refractivity contribution is -0.126. The highest BCUT2D eigenvalue weighted by Crippen LogP contribution is 2.32. The van der Waals surface area contributed by atoms with E-state index in [1.54, 1.807) is 4.90 Å². The van der Waals surface area contributed by atoms with Crippen LogP contribution in [0.5, 0.6) is 11.5 Å². The first kappa shape index (κ1) is 15.1. The van der Waals surface area contributed by atoms with Crippen LogP contribution in [0.1, 0.15) is 31.2 Å². The van der Waals surface area contributed by atoms with Gasteiger partial charge in [0.15, 0.2) is 11.5 Å². The summed E-state index contributed by atoms with van der Waals surface area (Å²) < 4.78 is 10.6. The molecule has 0 bridgehead atoms. The number of piperazine rings is 1. The van der Waals surface area contributed by atoms with Crippen LogP contribution in [0.25, 0.3) is 0 Å². The van der Waals surface area contributed by atoms with E-state index < -0.39 is 0 Å². The second kappa shape index (κ2) is 6.22. The third kappa shape index (κ3) is 2.86. The number of carbonyl (C=O) groups is 2. The van der Waals surface area contributed by atoms with E-state index in [2.05, 4.69) is 10.6 Å². The Kier molecular flexibility index (Phi) is 3.92. The average molecular weight is 331 g/mol. The zero-order valence-corrected chi connectivity index (χ0v) is 13.4. The molecule has 7 heteroatoms. The molecule has 0 spiro atoms. The predicted octanol–water partition coefficient (Wildman–Crippen LogP) is 1.37. The topological polar surface area (TPSA) is 79.9 Å². The van der Waals surface area contributed by atoms with Gasteiger partial charge in [0.1, 0.15) is 6.54 Å². The Labute approximate surface area is 140 Å². The van der Waals surface area contributed by atoms with E-state index in [4.69, 9.17) is 9.47 Å². The van der Waals surface area contributed by atoms with Gasteiger partial charge in [0, 0.05) is 12.6 Å². The molecule has 1 saturated heterocycles. The number of hydrogen-bond donors (Lipinski definition) is 2. The maximum Gasteiger partial charge on any atom is 0.318 e. The maximum atomic E-state index is 12.6. The number of rotatable bonds is 2. The van der Waals surface area contributed by atoms with Gasteiger partial charge in [-0.1, -0.05) is 18.9 Å². The molecule has 3 aliphatic rings. The van der Waals surface area contributed by atoms with Gasteiger partial charge in [0.25, 0.3) is 0 Å². The molecule has 2 fully saturated rings. The normalized spacial score (nSPS) is 25.0. The van der Waals surface area contributed by atoms with Crippen molar-refractivity contribution in [1.82, 2.24) is 15.5 Å². The number of urea groups is 1. The fraction of sp³-hybridized carbons (Fsp3) is 0.529. The van der Waals surface area contributed by atoms with Crippen LogP contribution in [0.4, 0.5) is 4.79 Å². The molecular formula is C17H21N3O4. The monoisotopic (exact) mass is 331 g/mol. The molecular weight excluding hydrogens is 310 g/mol. The van der Waals surface area contributed by atoms with E-state index in [0.717, 1.165) is 37.0 Å². The van der Waals surface area contributed by atoms with Crippen molar-refractivity contribution in [2.24, 2.45) is 0 Å². The summed E-state index contributed by atoms with van der Waals surface area (Å²) in [4.78, 5) is 26.1. The Balaban J connectivity index is 1.40. The molecule has 0 aromatic heterocycles. The molecule has 128 valence electrons. The molecule has 1 saturated carbocycles. The van der Waals surface area contributed by atoms with Crippen LogP contribution in [-0.2, 0) is 11.3 Å². The van der Waals surface area contributed by atoms with Crippen molar-refractivity contribution in [3.05, 3.63) is 23.8 Å². The van der Waals surface area contributed by atoms with Gasteiger partial charge in [-0.15, -0.1) is 0 Å². The van der Waals surface area contributed by atoms with Gasteiger partial charge < -0.3 is 25.0 Å². The largest absolute Gasteiger partial charge is 0.454 e. The Bertz CT molecular complexity index is 663. The second-order valence-electron chi connectivity index (χ2n) is 6.50. The molecule has 4 rings (SSSR count). The number of nitrogens with one attached hydrogen (secondary N) is 2. The first-order valence-electron chi connectivity index (χ1n) is 8.43. The number of nitrogens with zero attached hydrogens (tertiary/aromatic N) is 1. The van der Waals surface area contributed by atoms with Gasteiger partial charge in [-0.05, 0) is 30.5 Å². The maximum absolute atomic E-state index is 12.6. The fourth-order valence-electron chi connectivity index (χ4n) is 3.73. The summed E-state index contributed by atoms with van der Waals surface area (Å²) >= 11 is 0. The van der Waals surface area contributed by atoms with Crippen LogP contribution in [0, 0.1) is 0 Å². The molecule has 24 heavy (non-hydrogen) atoms. The molecule has 0 radical (unpaired) electrons. The van der Waals surface area contributed by atoms with Gasteiger partial charge in [-0.2, -0.15) is 0 Å². The van der Waals surface area contributed by atoms with Crippen molar-refractivity contribution in [3.63, 3.8) is 0 Å². The predicted molar refractivity (Wildman–Crippen MR) is 85.7 cm³/mol. The molecule has 2 heterocycles. The SMILES string of the molecule is O=C1CN(C(=O)NCc2ccc3c(c2)OCO3)[C@H]2CCCC[C@@H]2N1. The zero-order valence-electron chi connectivity index (χ0n) is 13.4. The number of ether oxygens (including phenoxy) is 2. The second-order valence-corrected chi connectivity index (χ2v) is 6.50. The fourth-order valence-corrected chi connectivity index (χ4v) is 3.73. The highest BCUT2D eigenvalue weighted by Gasteiger charge is 2.38. The van der Waals surface area contributed by atoms with Crippen LogP contribution >= 0.6 is 0 Å². The Hall–Kier alpha value is -2.44. The van der Waals surface area contributed by atoms with E-state index in [9.17, 15) is 9.59 Å². The van der Waals surface area contributed by atoms with Crippen molar-refractivity contribution in [1.29, 1.82) is 0 Å². The highest BCUT2D eigenvalue weighted by atomic mass is 16.7. The lowest BCUT2D eigenvalue weighted by atomic mass is 9.87. The summed E-state index contributed by atoms with van der Waals surface area (Å²) in [5.41, 5.74) is 0.939. The van der Waals surface area contributed by atoms with Crippen molar-refractivity contribution in [2.45, 2.75) is 44.3 Å². The molecule has 7 nitrogen and oxygen atoms in total. The molecule has 1 aromatic carbocycles. The highest BCUT2D eigenvalue weighted by molar-refractivity contribution is 5.86. The number of carbonyl (C=O) groups excluding carboxylic acids is 2. The number of amides is 3. The number of benzene rings is 1. The first-order chi connectivity index (χ1) is 11.7. The van der Waals surface area contributed by atoms with Crippen molar-refractivity contribution in [3.8, 4) is 11.5 Å². The van der Waals surface area contributed by atoms with Crippen molar-refractivity contribution in [2.75, 3.05) is 13.3 Å². The van der Waals surface area contributed by atoms with Crippen molar-refractivity contribution >= 4 is 11.9 Å². The van der Waals surface area contributed by atoms with Crippen LogP contribution in [0.15, 0.2) is 18.2 Å². The minimum absolute atomic E-state index is 0.0728. The molecule has 1 aromatic rings. The zero-order chi connectivity index (χ0) is 16.5. The van der Waals surface area contributed by atoms with Crippen LogP contribution in [-0.4, -0.2) is 42.3 Å². The summed E-state index contributed by atoms with van der Waals surface area (Å²) in [5.74, 6) is 1.35.